The van der Waals surface area contributed by atoms with Gasteiger partial charge in [-0.15, -0.1) is 0 Å². The average molecular weight is 369 g/mol. The molecule has 0 saturated carbocycles. The van der Waals surface area contributed by atoms with Gasteiger partial charge in [-0.05, 0) is 48.7 Å². The van der Waals surface area contributed by atoms with Crippen molar-refractivity contribution in [3.05, 3.63) is 57.0 Å². The lowest BCUT2D eigenvalue weighted by Gasteiger charge is -2.14. The lowest BCUT2D eigenvalue weighted by atomic mass is 10.2. The molecule has 2 aromatic rings. The first-order valence-corrected chi connectivity index (χ1v) is 8.18. The molecule has 0 unspecified atom stereocenters. The Kier molecular flexibility index (Phi) is 5.95. The van der Waals surface area contributed by atoms with Crippen LogP contribution in [0.4, 0.5) is 5.69 Å². The maximum atomic E-state index is 6.24. The van der Waals surface area contributed by atoms with Gasteiger partial charge in [0.1, 0.15) is 5.75 Å². The van der Waals surface area contributed by atoms with Crippen LogP contribution in [0, 0.1) is 6.92 Å². The Bertz CT molecular complexity index is 616. The zero-order valence-electron chi connectivity index (χ0n) is 12.2. The molecule has 0 aliphatic rings. The molecule has 0 aromatic heterocycles. The average Bonchev–Trinajstić information content (AvgIpc) is 2.45. The second kappa shape index (κ2) is 7.71. The third kappa shape index (κ3) is 4.65. The van der Waals surface area contributed by atoms with Gasteiger partial charge in [-0.25, -0.2) is 0 Å². The van der Waals surface area contributed by atoms with Crippen LogP contribution < -0.4 is 10.1 Å². The number of nitrogens with one attached hydrogen (secondary N) is 1. The number of ether oxygens (including phenoxy) is 1. The van der Waals surface area contributed by atoms with E-state index in [9.17, 15) is 0 Å². The third-order valence-corrected chi connectivity index (χ3v) is 3.93. The van der Waals surface area contributed by atoms with Crippen molar-refractivity contribution in [3.63, 3.8) is 0 Å². The summed E-state index contributed by atoms with van der Waals surface area (Å²) in [4.78, 5) is 0. The zero-order chi connectivity index (χ0) is 15.2. The summed E-state index contributed by atoms with van der Waals surface area (Å²) in [5.41, 5.74) is 3.24. The first kappa shape index (κ1) is 16.2. The molecule has 0 atom stereocenters. The summed E-state index contributed by atoms with van der Waals surface area (Å²) in [7, 11) is 0. The van der Waals surface area contributed by atoms with Crippen LogP contribution in [0.25, 0.3) is 0 Å². The minimum atomic E-state index is 0.664. The van der Waals surface area contributed by atoms with E-state index in [1.807, 2.05) is 24.3 Å². The van der Waals surface area contributed by atoms with Crippen molar-refractivity contribution in [2.75, 3.05) is 11.9 Å². The smallest absolute Gasteiger partial charge is 0.142 e. The highest BCUT2D eigenvalue weighted by molar-refractivity contribution is 9.10. The van der Waals surface area contributed by atoms with E-state index in [2.05, 4.69) is 47.2 Å². The van der Waals surface area contributed by atoms with E-state index in [1.165, 1.54) is 5.56 Å². The number of anilines is 1. The lowest BCUT2D eigenvalue weighted by Crippen LogP contribution is -2.04. The monoisotopic (exact) mass is 367 g/mol. The van der Waals surface area contributed by atoms with Crippen LogP contribution in [-0.2, 0) is 6.54 Å². The number of halogens is 2. The number of benzene rings is 2. The van der Waals surface area contributed by atoms with Crippen LogP contribution in [0.15, 0.2) is 40.9 Å². The molecule has 2 aromatic carbocycles. The van der Waals surface area contributed by atoms with E-state index >= 15 is 0 Å². The van der Waals surface area contributed by atoms with Crippen molar-refractivity contribution in [2.45, 2.75) is 26.8 Å². The number of hydrogen-bond donors (Lipinski definition) is 1. The Morgan fingerprint density at radius 3 is 2.71 bits per heavy atom. The summed E-state index contributed by atoms with van der Waals surface area (Å²) in [5, 5.41) is 4.15. The maximum absolute atomic E-state index is 6.24. The van der Waals surface area contributed by atoms with Gasteiger partial charge in [0, 0.05) is 16.0 Å². The molecule has 1 N–H and O–H groups in total. The molecule has 0 saturated heterocycles. The first-order valence-electron chi connectivity index (χ1n) is 7.01. The van der Waals surface area contributed by atoms with Crippen LogP contribution in [0.2, 0.25) is 5.02 Å². The Hall–Kier alpha value is -1.19. The molecular formula is C17H19BrClNO. The molecule has 21 heavy (non-hydrogen) atoms. The van der Waals surface area contributed by atoms with Crippen LogP contribution in [-0.4, -0.2) is 6.61 Å². The molecule has 0 radical (unpaired) electrons. The van der Waals surface area contributed by atoms with Gasteiger partial charge in [0.2, 0.25) is 0 Å². The van der Waals surface area contributed by atoms with Crippen molar-refractivity contribution in [2.24, 2.45) is 0 Å². The van der Waals surface area contributed by atoms with Gasteiger partial charge in [0.05, 0.1) is 12.3 Å². The summed E-state index contributed by atoms with van der Waals surface area (Å²) in [6, 6.07) is 12.1. The maximum Gasteiger partial charge on any atom is 0.142 e. The Balaban J connectivity index is 2.11. The van der Waals surface area contributed by atoms with E-state index in [0.29, 0.717) is 6.54 Å². The Morgan fingerprint density at radius 2 is 2.00 bits per heavy atom. The predicted octanol–water partition coefficient (Wildman–Crippen LogP) is 5.81. The molecule has 0 bridgehead atoms. The van der Waals surface area contributed by atoms with Gasteiger partial charge in [-0.2, -0.15) is 0 Å². The van der Waals surface area contributed by atoms with E-state index in [1.54, 1.807) is 0 Å². The summed E-state index contributed by atoms with van der Waals surface area (Å²) < 4.78 is 6.79. The van der Waals surface area contributed by atoms with Gasteiger partial charge >= 0.3 is 0 Å². The van der Waals surface area contributed by atoms with Gasteiger partial charge in [-0.3, -0.25) is 0 Å². The fourth-order valence-corrected chi connectivity index (χ4v) is 2.70. The van der Waals surface area contributed by atoms with E-state index < -0.39 is 0 Å². The standard InChI is InChI=1S/C17H19BrClNO/c1-3-8-21-17-9-12(2)4-7-16(17)20-11-13-5-6-14(18)10-15(13)19/h4-7,9-10,20H,3,8,11H2,1-2H3. The molecule has 0 heterocycles. The molecule has 0 spiro atoms. The highest BCUT2D eigenvalue weighted by atomic mass is 79.9. The second-order valence-electron chi connectivity index (χ2n) is 4.94. The number of aryl methyl sites for hydroxylation is 1. The molecule has 2 rings (SSSR count). The zero-order valence-corrected chi connectivity index (χ0v) is 14.6. The fraction of sp³-hybridized carbons (Fsp3) is 0.294. The highest BCUT2D eigenvalue weighted by Gasteiger charge is 2.06. The van der Waals surface area contributed by atoms with E-state index in [4.69, 9.17) is 16.3 Å². The summed E-state index contributed by atoms with van der Waals surface area (Å²) in [6.07, 6.45) is 0.992. The SMILES string of the molecule is CCCOc1cc(C)ccc1NCc1ccc(Br)cc1Cl. The van der Waals surface area contributed by atoms with Crippen molar-refractivity contribution in [1.82, 2.24) is 0 Å². The van der Waals surface area contributed by atoms with Crippen molar-refractivity contribution < 1.29 is 4.74 Å². The predicted molar refractivity (Wildman–Crippen MR) is 93.4 cm³/mol. The van der Waals surface area contributed by atoms with Crippen LogP contribution in [0.3, 0.4) is 0 Å². The molecule has 112 valence electrons. The summed E-state index contributed by atoms with van der Waals surface area (Å²) in [5.74, 6) is 0.894. The van der Waals surface area contributed by atoms with Gasteiger partial charge in [0.25, 0.3) is 0 Å². The minimum absolute atomic E-state index is 0.664. The fourth-order valence-electron chi connectivity index (χ4n) is 1.96. The Morgan fingerprint density at radius 1 is 1.19 bits per heavy atom. The van der Waals surface area contributed by atoms with Crippen molar-refractivity contribution in [1.29, 1.82) is 0 Å². The van der Waals surface area contributed by atoms with E-state index in [0.717, 1.165) is 39.5 Å². The third-order valence-electron chi connectivity index (χ3n) is 3.08. The van der Waals surface area contributed by atoms with Gasteiger partial charge < -0.3 is 10.1 Å². The number of rotatable bonds is 6. The van der Waals surface area contributed by atoms with Crippen LogP contribution in [0.5, 0.6) is 5.75 Å². The van der Waals surface area contributed by atoms with Gasteiger partial charge in [0.15, 0.2) is 0 Å². The molecule has 2 nitrogen and oxygen atoms in total. The number of hydrogen-bond acceptors (Lipinski definition) is 2. The normalized spacial score (nSPS) is 10.5. The molecule has 0 aliphatic carbocycles. The van der Waals surface area contributed by atoms with Crippen molar-refractivity contribution >= 4 is 33.2 Å². The quantitative estimate of drug-likeness (QED) is 0.694. The largest absolute Gasteiger partial charge is 0.491 e. The highest BCUT2D eigenvalue weighted by Crippen LogP contribution is 2.28. The first-order chi connectivity index (χ1) is 10.1. The molecular weight excluding hydrogens is 350 g/mol. The second-order valence-corrected chi connectivity index (χ2v) is 6.26. The minimum Gasteiger partial charge on any atom is -0.491 e. The van der Waals surface area contributed by atoms with Crippen LogP contribution in [0.1, 0.15) is 24.5 Å². The summed E-state index contributed by atoms with van der Waals surface area (Å²) in [6.45, 7) is 5.55. The summed E-state index contributed by atoms with van der Waals surface area (Å²) >= 11 is 9.66. The molecule has 0 amide bonds. The van der Waals surface area contributed by atoms with E-state index in [-0.39, 0.29) is 0 Å². The molecule has 0 fully saturated rings. The van der Waals surface area contributed by atoms with Gasteiger partial charge in [-0.1, -0.05) is 46.6 Å². The van der Waals surface area contributed by atoms with Crippen LogP contribution >= 0.6 is 27.5 Å². The molecule has 0 aliphatic heterocycles. The molecule has 4 heteroatoms. The van der Waals surface area contributed by atoms with Crippen molar-refractivity contribution in [3.8, 4) is 5.75 Å². The lowest BCUT2D eigenvalue weighted by molar-refractivity contribution is 0.318. The topological polar surface area (TPSA) is 21.3 Å². The Labute approximate surface area is 139 Å².